The molecule has 1 N–H and O–H groups in total. The molecule has 2 aromatic carbocycles. The van der Waals surface area contributed by atoms with Gasteiger partial charge in [-0.1, -0.05) is 70.7 Å². The number of amides is 1. The number of hydrogen-bond donors (Lipinski definition) is 1. The molecule has 1 atom stereocenters. The summed E-state index contributed by atoms with van der Waals surface area (Å²) >= 11 is 23.5. The van der Waals surface area contributed by atoms with Crippen molar-refractivity contribution in [3.63, 3.8) is 0 Å². The Morgan fingerprint density at radius 1 is 0.971 bits per heavy atom. The first-order chi connectivity index (χ1) is 16.0. The molecule has 0 saturated heterocycles. The van der Waals surface area contributed by atoms with E-state index in [-0.39, 0.29) is 11.8 Å². The Bertz CT molecular complexity index is 919. The smallest absolute Gasteiger partial charge is 0.246 e. The minimum atomic E-state index is -0.0629. The summed E-state index contributed by atoms with van der Waals surface area (Å²) in [5.74, 6) is 0.0899. The minimum absolute atomic E-state index is 0.0629. The van der Waals surface area contributed by atoms with Crippen LogP contribution in [0.2, 0.25) is 20.1 Å². The monoisotopic (exact) mass is 545 g/mol. The molecular weight excluding hydrogens is 516 g/mol. The molecule has 0 aromatic heterocycles. The SMILES string of the molecule is C=C(C)C(/C=C(\C)C(=O)NC)CCc1cc(Cl)cc(Cl)c1.C=O.C=O.Cc1c(Cl)cccc1Cl. The molecule has 0 saturated carbocycles. The first-order valence-corrected chi connectivity index (χ1v) is 11.6. The van der Waals surface area contributed by atoms with Gasteiger partial charge in [0.2, 0.25) is 5.91 Å². The lowest BCUT2D eigenvalue weighted by atomic mass is 9.92. The van der Waals surface area contributed by atoms with Crippen LogP contribution in [0, 0.1) is 12.8 Å². The lowest BCUT2D eigenvalue weighted by Crippen LogP contribution is -2.19. The van der Waals surface area contributed by atoms with Gasteiger partial charge < -0.3 is 14.9 Å². The van der Waals surface area contributed by atoms with Gasteiger partial charge in [0.1, 0.15) is 13.6 Å². The van der Waals surface area contributed by atoms with Gasteiger partial charge in [-0.2, -0.15) is 0 Å². The third-order valence-corrected chi connectivity index (χ3v) is 5.79. The fraction of sp³-hybridized carbons (Fsp3) is 0.269. The van der Waals surface area contributed by atoms with Gasteiger partial charge in [0, 0.05) is 32.7 Å². The predicted octanol–water partition coefficient (Wildman–Crippen LogP) is 7.74. The van der Waals surface area contributed by atoms with Crippen molar-refractivity contribution in [2.24, 2.45) is 5.92 Å². The number of carbonyl (C=O) groups is 3. The number of allylic oxidation sites excluding steroid dienone is 2. The molecule has 1 unspecified atom stereocenters. The average molecular weight is 547 g/mol. The normalized spacial score (nSPS) is 10.8. The highest BCUT2D eigenvalue weighted by Gasteiger charge is 2.11. The van der Waals surface area contributed by atoms with Crippen molar-refractivity contribution in [2.45, 2.75) is 33.6 Å². The molecule has 0 aliphatic heterocycles. The molecule has 2 aromatic rings. The van der Waals surface area contributed by atoms with Crippen molar-refractivity contribution in [1.29, 1.82) is 0 Å². The molecule has 0 radical (unpaired) electrons. The Kier molecular flexibility index (Phi) is 19.3. The number of aryl methyl sites for hydroxylation is 1. The summed E-state index contributed by atoms with van der Waals surface area (Å²) in [6, 6.07) is 11.0. The summed E-state index contributed by atoms with van der Waals surface area (Å²) < 4.78 is 0. The van der Waals surface area contributed by atoms with Crippen LogP contribution in [0.5, 0.6) is 0 Å². The molecule has 0 fully saturated rings. The van der Waals surface area contributed by atoms with Gasteiger partial charge in [-0.3, -0.25) is 4.79 Å². The van der Waals surface area contributed by atoms with Crippen LogP contribution in [0.4, 0.5) is 0 Å². The highest BCUT2D eigenvalue weighted by atomic mass is 35.5. The number of halogens is 4. The van der Waals surface area contributed by atoms with Crippen LogP contribution < -0.4 is 5.32 Å². The Hall–Kier alpha value is -2.11. The Morgan fingerprint density at radius 3 is 1.82 bits per heavy atom. The van der Waals surface area contributed by atoms with Crippen LogP contribution >= 0.6 is 46.4 Å². The summed E-state index contributed by atoms with van der Waals surface area (Å²) in [5, 5.41) is 5.36. The lowest BCUT2D eigenvalue weighted by molar-refractivity contribution is -0.117. The van der Waals surface area contributed by atoms with Crippen LogP contribution in [0.3, 0.4) is 0 Å². The van der Waals surface area contributed by atoms with Gasteiger partial charge in [0.15, 0.2) is 0 Å². The second-order valence-electron chi connectivity index (χ2n) is 7.04. The minimum Gasteiger partial charge on any atom is -0.355 e. The van der Waals surface area contributed by atoms with Gasteiger partial charge in [-0.15, -0.1) is 0 Å². The zero-order valence-corrected chi connectivity index (χ0v) is 22.9. The number of likely N-dealkylation sites (N-methyl/N-ethyl adjacent to an activating group) is 1. The van der Waals surface area contributed by atoms with E-state index in [1.165, 1.54) is 0 Å². The van der Waals surface area contributed by atoms with E-state index in [2.05, 4.69) is 11.9 Å². The molecule has 0 aliphatic carbocycles. The summed E-state index contributed by atoms with van der Waals surface area (Å²) in [6.45, 7) is 13.7. The van der Waals surface area contributed by atoms with E-state index in [1.807, 2.05) is 70.8 Å². The molecule has 0 bridgehead atoms. The van der Waals surface area contributed by atoms with Crippen molar-refractivity contribution >= 4 is 65.9 Å². The van der Waals surface area contributed by atoms with Crippen LogP contribution in [-0.2, 0) is 20.8 Å². The van der Waals surface area contributed by atoms with Crippen molar-refractivity contribution < 1.29 is 14.4 Å². The van der Waals surface area contributed by atoms with Crippen molar-refractivity contribution in [3.05, 3.63) is 91.4 Å². The molecule has 0 spiro atoms. The molecule has 186 valence electrons. The summed E-state index contributed by atoms with van der Waals surface area (Å²) in [5.41, 5.74) is 3.77. The van der Waals surface area contributed by atoms with E-state index in [1.54, 1.807) is 13.1 Å². The van der Waals surface area contributed by atoms with E-state index in [0.29, 0.717) is 15.6 Å². The third kappa shape index (κ3) is 13.6. The van der Waals surface area contributed by atoms with Gasteiger partial charge in [-0.05, 0) is 81.0 Å². The Balaban J connectivity index is 0. The second-order valence-corrected chi connectivity index (χ2v) is 8.73. The van der Waals surface area contributed by atoms with Crippen molar-refractivity contribution in [1.82, 2.24) is 5.32 Å². The van der Waals surface area contributed by atoms with E-state index < -0.39 is 0 Å². The molecule has 34 heavy (non-hydrogen) atoms. The summed E-state index contributed by atoms with van der Waals surface area (Å²) in [7, 11) is 1.63. The lowest BCUT2D eigenvalue weighted by Gasteiger charge is -2.14. The molecule has 0 aliphatic rings. The quantitative estimate of drug-likeness (QED) is 0.297. The summed E-state index contributed by atoms with van der Waals surface area (Å²) in [4.78, 5) is 27.6. The largest absolute Gasteiger partial charge is 0.355 e. The number of benzene rings is 2. The maximum atomic E-state index is 11.6. The van der Waals surface area contributed by atoms with Crippen LogP contribution in [-0.4, -0.2) is 26.5 Å². The van der Waals surface area contributed by atoms with E-state index in [9.17, 15) is 4.79 Å². The van der Waals surface area contributed by atoms with Gasteiger partial charge in [0.05, 0.1) is 0 Å². The van der Waals surface area contributed by atoms with Crippen LogP contribution in [0.15, 0.2) is 60.2 Å². The Morgan fingerprint density at radius 2 is 1.44 bits per heavy atom. The number of rotatable bonds is 6. The number of hydrogen-bond acceptors (Lipinski definition) is 3. The van der Waals surface area contributed by atoms with Gasteiger partial charge in [0.25, 0.3) is 0 Å². The first kappa shape index (κ1) is 34.1. The van der Waals surface area contributed by atoms with Crippen molar-refractivity contribution in [3.8, 4) is 0 Å². The molecule has 8 heteroatoms. The van der Waals surface area contributed by atoms with E-state index in [0.717, 1.165) is 39.6 Å². The van der Waals surface area contributed by atoms with E-state index in [4.69, 9.17) is 56.0 Å². The average Bonchev–Trinajstić information content (AvgIpc) is 2.81. The topological polar surface area (TPSA) is 63.2 Å². The highest BCUT2D eigenvalue weighted by molar-refractivity contribution is 6.36. The predicted molar refractivity (Wildman–Crippen MR) is 146 cm³/mol. The molecular formula is C26H31Cl4NO3. The number of carbonyl (C=O) groups excluding carboxylic acids is 3. The maximum absolute atomic E-state index is 11.6. The van der Waals surface area contributed by atoms with Crippen LogP contribution in [0.1, 0.15) is 31.4 Å². The third-order valence-electron chi connectivity index (χ3n) is 4.54. The van der Waals surface area contributed by atoms with Crippen LogP contribution in [0.25, 0.3) is 0 Å². The fourth-order valence-corrected chi connectivity index (χ4v) is 3.67. The molecule has 0 heterocycles. The van der Waals surface area contributed by atoms with Gasteiger partial charge in [-0.25, -0.2) is 0 Å². The second kappa shape index (κ2) is 19.2. The van der Waals surface area contributed by atoms with Crippen molar-refractivity contribution in [2.75, 3.05) is 7.05 Å². The summed E-state index contributed by atoms with van der Waals surface area (Å²) in [6.07, 6.45) is 3.66. The highest BCUT2D eigenvalue weighted by Crippen LogP contribution is 2.24. The zero-order chi connectivity index (χ0) is 26.8. The van der Waals surface area contributed by atoms with E-state index >= 15 is 0 Å². The first-order valence-electron chi connectivity index (χ1n) is 10.0. The molecule has 1 amide bonds. The standard InChI is InChI=1S/C17H21Cl2NO.C7H6Cl2.2CH2O/c1-11(2)14(7-12(3)17(21)20-4)6-5-13-8-15(18)10-16(19)9-13;1-5-6(8)3-2-4-7(5)9;2*1-2/h7-10,14H,1,5-6H2,2-4H3,(H,20,21);2-4H,1H3;2*1H2/b12-7+;;;. The number of nitrogens with one attached hydrogen (secondary N) is 1. The molecule has 2 rings (SSSR count). The fourth-order valence-electron chi connectivity index (χ4n) is 2.71. The van der Waals surface area contributed by atoms with Gasteiger partial charge >= 0.3 is 0 Å². The maximum Gasteiger partial charge on any atom is 0.246 e. The Labute approximate surface area is 222 Å². The molecule has 4 nitrogen and oxygen atoms in total. The zero-order valence-electron chi connectivity index (χ0n) is 19.9.